The molecule has 0 spiro atoms. The number of nitrogens with one attached hydrogen (secondary N) is 2. The molecule has 3 amide bonds. The number of amides is 3. The van der Waals surface area contributed by atoms with Crippen LogP contribution in [0.25, 0.3) is 0 Å². The fourth-order valence-electron chi connectivity index (χ4n) is 4.47. The van der Waals surface area contributed by atoms with Crippen LogP contribution >= 0.6 is 23.5 Å². The number of nitrogens with zero attached hydrogens (tertiary/aromatic N) is 1. The molecule has 3 atom stereocenters. The molecule has 188 valence electrons. The van der Waals surface area contributed by atoms with Gasteiger partial charge in [-0.1, -0.05) is 67.6 Å². The van der Waals surface area contributed by atoms with E-state index in [2.05, 4.69) is 28.9 Å². The molecular formula is C30H29N3O2S2. The zero-order chi connectivity index (χ0) is 25.8. The van der Waals surface area contributed by atoms with E-state index in [4.69, 9.17) is 0 Å². The summed E-state index contributed by atoms with van der Waals surface area (Å²) in [6.07, 6.45) is 8.95. The predicted octanol–water partition coefficient (Wildman–Crippen LogP) is 7.51. The lowest BCUT2D eigenvalue weighted by Crippen LogP contribution is -2.49. The molecule has 0 bridgehead atoms. The zero-order valence-corrected chi connectivity index (χ0v) is 22.4. The Labute approximate surface area is 226 Å². The number of para-hydroxylation sites is 2. The lowest BCUT2D eigenvalue weighted by atomic mass is 10.1. The average Bonchev–Trinajstić information content (AvgIpc) is 2.91. The van der Waals surface area contributed by atoms with E-state index in [1.54, 1.807) is 11.8 Å². The second-order valence-corrected chi connectivity index (χ2v) is 11.5. The van der Waals surface area contributed by atoms with Crippen LogP contribution in [0.15, 0.2) is 107 Å². The molecular weight excluding hydrogens is 498 g/mol. The molecule has 5 rings (SSSR count). The van der Waals surface area contributed by atoms with Gasteiger partial charge in [0.05, 0.1) is 22.2 Å². The minimum Gasteiger partial charge on any atom is -0.325 e. The highest BCUT2D eigenvalue weighted by molar-refractivity contribution is 8.00. The maximum Gasteiger partial charge on any atom is 0.326 e. The van der Waals surface area contributed by atoms with Crippen molar-refractivity contribution in [2.75, 3.05) is 15.5 Å². The minimum absolute atomic E-state index is 0.0261. The highest BCUT2D eigenvalue weighted by Gasteiger charge is 2.36. The Kier molecular flexibility index (Phi) is 7.72. The molecule has 3 unspecified atom stereocenters. The Hall–Kier alpha value is -3.42. The van der Waals surface area contributed by atoms with E-state index in [-0.39, 0.29) is 28.5 Å². The molecule has 0 aromatic heterocycles. The summed E-state index contributed by atoms with van der Waals surface area (Å²) in [7, 11) is 0. The van der Waals surface area contributed by atoms with Crippen molar-refractivity contribution in [3.63, 3.8) is 0 Å². The third kappa shape index (κ3) is 5.63. The van der Waals surface area contributed by atoms with Gasteiger partial charge >= 0.3 is 6.03 Å². The van der Waals surface area contributed by atoms with Crippen LogP contribution in [0.4, 0.5) is 21.9 Å². The molecule has 0 radical (unpaired) electrons. The van der Waals surface area contributed by atoms with E-state index >= 15 is 0 Å². The molecule has 2 aliphatic rings. The normalized spacial score (nSPS) is 18.5. The third-order valence-corrected chi connectivity index (χ3v) is 9.06. The van der Waals surface area contributed by atoms with Gasteiger partial charge in [0, 0.05) is 21.2 Å². The highest BCUT2D eigenvalue weighted by Crippen LogP contribution is 2.43. The Morgan fingerprint density at radius 3 is 2.59 bits per heavy atom. The van der Waals surface area contributed by atoms with E-state index in [1.807, 2.05) is 97.6 Å². The number of rotatable bonds is 6. The molecule has 0 fully saturated rings. The second kappa shape index (κ2) is 11.3. The molecule has 3 aromatic carbocycles. The van der Waals surface area contributed by atoms with Gasteiger partial charge in [0.15, 0.2) is 0 Å². The van der Waals surface area contributed by atoms with Crippen LogP contribution < -0.4 is 15.5 Å². The van der Waals surface area contributed by atoms with Crippen LogP contribution in [0.2, 0.25) is 0 Å². The Bertz CT molecular complexity index is 1370. The van der Waals surface area contributed by atoms with E-state index < -0.39 is 0 Å². The summed E-state index contributed by atoms with van der Waals surface area (Å²) in [5.74, 6) is -0.0261. The Balaban J connectivity index is 1.31. The van der Waals surface area contributed by atoms with E-state index in [9.17, 15) is 9.59 Å². The van der Waals surface area contributed by atoms with Gasteiger partial charge in [0.25, 0.3) is 0 Å². The van der Waals surface area contributed by atoms with Crippen molar-refractivity contribution >= 4 is 52.5 Å². The molecule has 2 N–H and O–H groups in total. The first-order valence-corrected chi connectivity index (χ1v) is 14.1. The number of thioether (sulfide) groups is 2. The van der Waals surface area contributed by atoms with Crippen LogP contribution in [-0.4, -0.2) is 28.5 Å². The lowest BCUT2D eigenvalue weighted by Gasteiger charge is -2.40. The number of fused-ring (bicyclic) bond motifs is 2. The number of anilines is 3. The predicted molar refractivity (Wildman–Crippen MR) is 156 cm³/mol. The van der Waals surface area contributed by atoms with Crippen molar-refractivity contribution in [1.82, 2.24) is 0 Å². The second-order valence-electron chi connectivity index (χ2n) is 8.96. The number of hydrogen-bond acceptors (Lipinski definition) is 4. The average molecular weight is 528 g/mol. The van der Waals surface area contributed by atoms with Crippen molar-refractivity contribution in [3.8, 4) is 0 Å². The summed E-state index contributed by atoms with van der Waals surface area (Å²) < 4.78 is 0. The van der Waals surface area contributed by atoms with Crippen molar-refractivity contribution in [3.05, 3.63) is 103 Å². The molecule has 0 saturated carbocycles. The number of carbonyl (C=O) groups is 2. The number of hydrogen-bond donors (Lipinski definition) is 2. The van der Waals surface area contributed by atoms with Gasteiger partial charge in [-0.25, -0.2) is 4.79 Å². The zero-order valence-electron chi connectivity index (χ0n) is 20.8. The first kappa shape index (κ1) is 25.2. The Morgan fingerprint density at radius 2 is 1.76 bits per heavy atom. The van der Waals surface area contributed by atoms with E-state index in [0.717, 1.165) is 26.7 Å². The highest BCUT2D eigenvalue weighted by atomic mass is 32.2. The van der Waals surface area contributed by atoms with Gasteiger partial charge in [-0.3, -0.25) is 9.69 Å². The molecule has 1 aliphatic carbocycles. The van der Waals surface area contributed by atoms with Crippen molar-refractivity contribution in [1.29, 1.82) is 0 Å². The Morgan fingerprint density at radius 1 is 0.973 bits per heavy atom. The maximum atomic E-state index is 13.6. The van der Waals surface area contributed by atoms with Gasteiger partial charge < -0.3 is 10.6 Å². The van der Waals surface area contributed by atoms with Crippen LogP contribution in [0.5, 0.6) is 0 Å². The number of aryl methyl sites for hydroxylation is 1. The summed E-state index contributed by atoms with van der Waals surface area (Å²) in [5, 5.41) is 6.07. The SMILES string of the molecule is CCC(Sc1cccc(NC(=O)N2c3ccccc3SC3C=CC=CC32)c1)C(=O)Nc1ccccc1C. The smallest absolute Gasteiger partial charge is 0.325 e. The van der Waals surface area contributed by atoms with Crippen LogP contribution in [0.1, 0.15) is 18.9 Å². The summed E-state index contributed by atoms with van der Waals surface area (Å²) in [4.78, 5) is 30.5. The summed E-state index contributed by atoms with van der Waals surface area (Å²) in [6, 6.07) is 23.3. The van der Waals surface area contributed by atoms with Crippen LogP contribution in [0, 0.1) is 6.92 Å². The molecule has 3 aromatic rings. The van der Waals surface area contributed by atoms with Crippen molar-refractivity contribution in [2.45, 2.75) is 46.6 Å². The fraction of sp³-hybridized carbons (Fsp3) is 0.200. The van der Waals surface area contributed by atoms with Gasteiger partial charge in [-0.15, -0.1) is 23.5 Å². The minimum atomic E-state index is -0.253. The standard InChI is InChI=1S/C30H29N3O2S2/c1-3-26(29(34)32-23-14-5-4-11-20(23)2)36-22-13-10-12-21(19-22)31-30(35)33-24-15-6-8-17-27(24)37-28-18-9-7-16-25(28)33/h4-19,24,26-27H,3H2,1-2H3,(H,31,35)(H,32,34). The maximum absolute atomic E-state index is 13.6. The summed E-state index contributed by atoms with van der Waals surface area (Å²) >= 11 is 3.29. The topological polar surface area (TPSA) is 61.4 Å². The number of benzene rings is 3. The fourth-order valence-corrected chi connectivity index (χ4v) is 6.74. The molecule has 37 heavy (non-hydrogen) atoms. The summed E-state index contributed by atoms with van der Waals surface area (Å²) in [6.45, 7) is 3.99. The van der Waals surface area contributed by atoms with E-state index in [0.29, 0.717) is 12.1 Å². The third-order valence-electron chi connectivity index (χ3n) is 6.39. The number of urea groups is 1. The van der Waals surface area contributed by atoms with Crippen molar-refractivity contribution in [2.24, 2.45) is 0 Å². The van der Waals surface area contributed by atoms with Crippen LogP contribution in [-0.2, 0) is 4.79 Å². The van der Waals surface area contributed by atoms with Gasteiger partial charge in [0.1, 0.15) is 0 Å². The molecule has 1 aliphatic heterocycles. The number of carbonyl (C=O) groups excluding carboxylic acids is 2. The van der Waals surface area contributed by atoms with E-state index in [1.165, 1.54) is 11.8 Å². The molecule has 5 nitrogen and oxygen atoms in total. The quantitative estimate of drug-likeness (QED) is 0.326. The molecule has 7 heteroatoms. The largest absolute Gasteiger partial charge is 0.326 e. The van der Waals surface area contributed by atoms with Crippen LogP contribution in [0.3, 0.4) is 0 Å². The van der Waals surface area contributed by atoms with Crippen molar-refractivity contribution < 1.29 is 9.59 Å². The monoisotopic (exact) mass is 527 g/mol. The van der Waals surface area contributed by atoms with Gasteiger partial charge in [0.2, 0.25) is 5.91 Å². The van der Waals surface area contributed by atoms with Gasteiger partial charge in [-0.2, -0.15) is 0 Å². The first-order valence-electron chi connectivity index (χ1n) is 12.4. The number of allylic oxidation sites excluding steroid dienone is 2. The molecule has 1 heterocycles. The first-order chi connectivity index (χ1) is 18.0. The molecule has 0 saturated heterocycles. The van der Waals surface area contributed by atoms with Gasteiger partial charge in [-0.05, 0) is 55.3 Å². The lowest BCUT2D eigenvalue weighted by molar-refractivity contribution is -0.115. The summed E-state index contributed by atoms with van der Waals surface area (Å²) in [5.41, 5.74) is 3.48.